The third kappa shape index (κ3) is 19.7. The third-order valence-corrected chi connectivity index (χ3v) is 19.3. The molecule has 7 unspecified atom stereocenters. The monoisotopic (exact) mass is 1240 g/mol. The van der Waals surface area contributed by atoms with Crippen molar-refractivity contribution in [3.05, 3.63) is 83.1 Å². The first-order valence-electron chi connectivity index (χ1n) is 33.9. The van der Waals surface area contributed by atoms with Crippen LogP contribution in [-0.4, -0.2) is 127 Å². The van der Waals surface area contributed by atoms with Crippen LogP contribution in [0.5, 0.6) is 6.01 Å². The van der Waals surface area contributed by atoms with Crippen molar-refractivity contribution >= 4 is 57.4 Å². The van der Waals surface area contributed by atoms with Crippen LogP contribution in [0.25, 0.3) is 32.9 Å². The number of anilines is 2. The fraction of sp³-hybridized carbons (Fsp3) is 0.613. The van der Waals surface area contributed by atoms with Gasteiger partial charge >= 0.3 is 6.01 Å². The summed E-state index contributed by atoms with van der Waals surface area (Å²) in [4.78, 5) is 65.5. The maximum atomic E-state index is 16.7. The van der Waals surface area contributed by atoms with Gasteiger partial charge in [-0.25, -0.2) is 8.78 Å². The molecule has 1 amide bonds. The number of piperidine rings is 2. The zero-order valence-corrected chi connectivity index (χ0v) is 57.3. The van der Waals surface area contributed by atoms with Crippen LogP contribution in [-0.2, 0) is 23.9 Å². The number of fused-ring (bicyclic) bond motifs is 3. The lowest BCUT2D eigenvalue weighted by atomic mass is 9.87. The number of nitrogens with zero attached hydrogens (tertiary/aromatic N) is 7. The van der Waals surface area contributed by atoms with Crippen molar-refractivity contribution < 1.29 is 37.4 Å². The first kappa shape index (κ1) is 74.5. The van der Waals surface area contributed by atoms with Crippen LogP contribution in [0.4, 0.5) is 20.3 Å². The quantitative estimate of drug-likeness (QED) is 0.0454. The van der Waals surface area contributed by atoms with Crippen LogP contribution in [0.1, 0.15) is 202 Å². The second-order valence-corrected chi connectivity index (χ2v) is 25.7. The Labute approximate surface area is 539 Å². The molecule has 0 spiro atoms. The number of methoxy groups -OCH3 is 1. The van der Waals surface area contributed by atoms with E-state index in [1.807, 2.05) is 47.7 Å². The van der Waals surface area contributed by atoms with Crippen molar-refractivity contribution in [2.24, 2.45) is 29.6 Å². The summed E-state index contributed by atoms with van der Waals surface area (Å²) in [6.07, 6.45) is 26.7. The van der Waals surface area contributed by atoms with Crippen molar-refractivity contribution in [3.8, 4) is 29.6 Å². The molecule has 0 N–H and O–H groups in total. The number of ether oxygens (including phenoxy) is 2. The molecule has 15 heteroatoms. The number of rotatable bonds is 23. The number of terminal acetylenes is 1. The largest absolute Gasteiger partial charge is 0.461 e. The highest BCUT2D eigenvalue weighted by atomic mass is 19.1. The molecule has 4 aliphatic heterocycles. The number of carbonyl (C=O) groups excluding carboxylic acids is 4. The summed E-state index contributed by atoms with van der Waals surface area (Å²) in [5.74, 6) is 5.35. The van der Waals surface area contributed by atoms with Gasteiger partial charge in [0.05, 0.1) is 23.1 Å². The second kappa shape index (κ2) is 37.3. The maximum Gasteiger partial charge on any atom is 0.319 e. The molecule has 2 aromatic heterocycles. The van der Waals surface area contributed by atoms with E-state index >= 15 is 4.39 Å². The van der Waals surface area contributed by atoms with Gasteiger partial charge in [-0.05, 0) is 163 Å². The number of likely N-dealkylation sites (tertiary alicyclic amines) is 1. The van der Waals surface area contributed by atoms with Crippen molar-refractivity contribution in [1.82, 2.24) is 24.8 Å². The van der Waals surface area contributed by atoms with Gasteiger partial charge in [-0.2, -0.15) is 9.97 Å². The second-order valence-electron chi connectivity index (χ2n) is 25.7. The van der Waals surface area contributed by atoms with Crippen molar-refractivity contribution in [2.75, 3.05) is 76.4 Å². The summed E-state index contributed by atoms with van der Waals surface area (Å²) < 4.78 is 43.4. The van der Waals surface area contributed by atoms with Gasteiger partial charge in [0.2, 0.25) is 5.91 Å². The third-order valence-electron chi connectivity index (χ3n) is 19.3. The summed E-state index contributed by atoms with van der Waals surface area (Å²) >= 11 is 0. The van der Waals surface area contributed by atoms with Gasteiger partial charge in [0.15, 0.2) is 5.82 Å². The molecule has 90 heavy (non-hydrogen) atoms. The van der Waals surface area contributed by atoms with Crippen LogP contribution < -0.4 is 14.5 Å². The molecule has 494 valence electrons. The van der Waals surface area contributed by atoms with Crippen molar-refractivity contribution in [3.63, 3.8) is 0 Å². The molecule has 4 aliphatic rings. The van der Waals surface area contributed by atoms with Crippen molar-refractivity contribution in [1.29, 1.82) is 0 Å². The van der Waals surface area contributed by atoms with E-state index in [9.17, 15) is 18.8 Å². The maximum absolute atomic E-state index is 16.7. The lowest BCUT2D eigenvalue weighted by molar-refractivity contribution is -0.126. The van der Waals surface area contributed by atoms with Gasteiger partial charge in [-0.1, -0.05) is 124 Å². The molecular formula is C75H109F2N7O6. The minimum Gasteiger partial charge on any atom is -0.461 e. The first-order chi connectivity index (χ1) is 43.3. The van der Waals surface area contributed by atoms with Gasteiger partial charge in [0, 0.05) is 87.8 Å². The van der Waals surface area contributed by atoms with Crippen LogP contribution in [0.2, 0.25) is 0 Å². The van der Waals surface area contributed by atoms with Gasteiger partial charge in [-0.3, -0.25) is 19.5 Å². The summed E-state index contributed by atoms with van der Waals surface area (Å²) in [5, 5.41) is 1.68. The molecule has 0 bridgehead atoms. The summed E-state index contributed by atoms with van der Waals surface area (Å²) in [6, 6.07) is 15.6. The molecule has 3 aromatic carbocycles. The van der Waals surface area contributed by atoms with Crippen LogP contribution in [0.15, 0.2) is 54.7 Å². The minimum absolute atomic E-state index is 0.0464. The molecule has 5 aromatic rings. The average Bonchev–Trinajstić information content (AvgIpc) is 1.06. The first-order valence-corrected chi connectivity index (χ1v) is 33.9. The topological polar surface area (TPSA) is 138 Å². The number of halogens is 2. The molecule has 0 aliphatic carbocycles. The van der Waals surface area contributed by atoms with Gasteiger partial charge in [-0.15, -0.1) is 6.42 Å². The number of hydrogen-bond acceptors (Lipinski definition) is 12. The predicted octanol–water partition coefficient (Wildman–Crippen LogP) is 16.2. The van der Waals surface area contributed by atoms with E-state index in [1.54, 1.807) is 43.3 Å². The van der Waals surface area contributed by atoms with E-state index in [1.165, 1.54) is 88.7 Å². The Hall–Kier alpha value is -6.21. The van der Waals surface area contributed by atoms with Crippen LogP contribution in [0.3, 0.4) is 0 Å². The predicted molar refractivity (Wildman–Crippen MR) is 366 cm³/mol. The Morgan fingerprint density at radius 2 is 1.63 bits per heavy atom. The number of aryl methyl sites for hydroxylation is 1. The zero-order valence-electron chi connectivity index (χ0n) is 57.3. The Kier molecular flexibility index (Phi) is 30.9. The summed E-state index contributed by atoms with van der Waals surface area (Å²) in [7, 11) is 3.63. The lowest BCUT2D eigenvalue weighted by Crippen LogP contribution is -2.47. The highest BCUT2D eigenvalue weighted by molar-refractivity contribution is 6.02. The average molecular weight is 1240 g/mol. The van der Waals surface area contributed by atoms with E-state index < -0.39 is 11.6 Å². The molecule has 7 atom stereocenters. The van der Waals surface area contributed by atoms with Gasteiger partial charge < -0.3 is 33.8 Å². The molecule has 0 saturated carbocycles. The molecule has 0 radical (unpaired) electrons. The zero-order chi connectivity index (χ0) is 66.1. The van der Waals surface area contributed by atoms with E-state index in [4.69, 9.17) is 25.7 Å². The number of Topliss-reactive ketones (excluding diaryl/α,β-unsaturated/α-hetero) is 1. The number of aldehydes is 2. The minimum atomic E-state index is -0.609. The van der Waals surface area contributed by atoms with Gasteiger partial charge in [0.25, 0.3) is 0 Å². The number of carbonyl (C=O) groups is 4. The lowest BCUT2D eigenvalue weighted by Gasteiger charge is -2.35. The number of amides is 1. The number of pyridine rings is 1. The van der Waals surface area contributed by atoms with Crippen molar-refractivity contribution in [2.45, 2.75) is 203 Å². The number of benzene rings is 3. The number of aromatic nitrogens is 3. The molecular weight excluding hydrogens is 1130 g/mol. The van der Waals surface area contributed by atoms with Crippen LogP contribution >= 0.6 is 0 Å². The Morgan fingerprint density at radius 1 is 0.900 bits per heavy atom. The smallest absolute Gasteiger partial charge is 0.319 e. The molecule has 13 nitrogen and oxygen atoms in total. The van der Waals surface area contributed by atoms with Gasteiger partial charge in [0.1, 0.15) is 47.8 Å². The highest BCUT2D eigenvalue weighted by Crippen LogP contribution is 2.44. The van der Waals surface area contributed by atoms with E-state index in [0.717, 1.165) is 94.7 Å². The Morgan fingerprint density at radius 3 is 2.28 bits per heavy atom. The SMILES string of the molecule is C#Cc1c(F)ccc2cccc(-c3ncc4c(N5CCCC(C)C5)nc(OCC56CCCN5C(COC)CC6)nc4c3F)c12.CC.CC=O.CCC(C)C(=O)C(C)CCC=O.CCCC(CCC(C)CC)CN1CCC(c2ccc(C)c(N(C)C(C)=O)c2)CC1. The fourth-order valence-electron chi connectivity index (χ4n) is 13.6. The molecule has 6 heterocycles. The molecule has 4 saturated heterocycles. The summed E-state index contributed by atoms with van der Waals surface area (Å²) in [6.45, 7) is 31.7. The highest BCUT2D eigenvalue weighted by Gasteiger charge is 2.50. The standard InChI is InChI=1S/C35H37F2N5O2.C26H44N2O.C10H18O2.C2H4O.C2H6/c1-4-25-28(36)12-11-23-9-5-10-26(29(23)25)31-30(37)32-27(18-38-31)33(41-16-6-8-22(2)19-41)40-34(39-32)44-21-35-14-7-17-42(35)24(13-15-35)20-43-3;1-7-9-23(12-10-20(3)8-2)19-28-16-14-24(15-17-28)25-13-11-21(4)26(18-25)27(6)22(5)29;1-4-8(2)10(12)9(3)6-5-7-11;1-2-3;1-2/h1,5,9-12,18,22,24H,6-8,13-17,19-21H2,2-3H3;11,13,18,20,23-24H,7-10,12,14-17,19H2,1-6H3;7-9H,4-6H2,1-3H3;2H,1H3;1-2H3. The van der Waals surface area contributed by atoms with Crippen LogP contribution in [0, 0.1) is 60.5 Å². The molecule has 9 rings (SSSR count). The Bertz CT molecular complexity index is 3130. The summed E-state index contributed by atoms with van der Waals surface area (Å²) in [5.41, 5.74) is 4.23. The fourth-order valence-corrected chi connectivity index (χ4v) is 13.6. The van der Waals surface area contributed by atoms with E-state index in [0.29, 0.717) is 77.3 Å². The normalized spacial score (nSPS) is 19.6. The molecule has 4 fully saturated rings. The Balaban J connectivity index is 0.000000275. The number of ketones is 1. The van der Waals surface area contributed by atoms with E-state index in [-0.39, 0.29) is 46.1 Å². The number of hydrogen-bond donors (Lipinski definition) is 0. The van der Waals surface area contributed by atoms with E-state index in [2.05, 4.69) is 83.4 Å².